The van der Waals surface area contributed by atoms with E-state index in [9.17, 15) is 4.39 Å². The maximum absolute atomic E-state index is 13.2. The molecule has 1 unspecified atom stereocenters. The Hall–Kier alpha value is -0.880. The van der Waals surface area contributed by atoms with E-state index in [4.69, 9.17) is 21.9 Å². The van der Waals surface area contributed by atoms with Gasteiger partial charge in [-0.05, 0) is 45.8 Å². The second-order valence-corrected chi connectivity index (χ2v) is 4.54. The van der Waals surface area contributed by atoms with Crippen molar-refractivity contribution < 1.29 is 8.81 Å². The highest BCUT2D eigenvalue weighted by Gasteiger charge is 2.20. The van der Waals surface area contributed by atoms with Crippen molar-refractivity contribution in [3.05, 3.63) is 57.2 Å². The van der Waals surface area contributed by atoms with E-state index in [-0.39, 0.29) is 5.82 Å². The number of halogens is 3. The molecule has 1 aromatic carbocycles. The Kier molecular flexibility index (Phi) is 3.83. The molecule has 6 heteroatoms. The number of rotatable bonds is 3. The van der Waals surface area contributed by atoms with Gasteiger partial charge in [-0.2, -0.15) is 0 Å². The minimum Gasteiger partial charge on any atom is -0.457 e. The highest BCUT2D eigenvalue weighted by atomic mass is 79.9. The van der Waals surface area contributed by atoms with Gasteiger partial charge in [0.25, 0.3) is 0 Å². The third-order valence-corrected chi connectivity index (χ3v) is 3.38. The van der Waals surface area contributed by atoms with Crippen molar-refractivity contribution in [1.82, 2.24) is 5.43 Å². The van der Waals surface area contributed by atoms with E-state index in [0.29, 0.717) is 15.3 Å². The molecule has 0 radical (unpaired) electrons. The first-order valence-electron chi connectivity index (χ1n) is 4.77. The first-order chi connectivity index (χ1) is 8.13. The van der Waals surface area contributed by atoms with Crippen molar-refractivity contribution in [3.8, 4) is 0 Å². The summed E-state index contributed by atoms with van der Waals surface area (Å²) < 4.78 is 18.9. The standard InChI is InChI=1S/C11H9BrClFN2O/c12-11-7(3-4-17-11)10(16-15)8-5-6(14)1-2-9(8)13/h1-5,10,16H,15H2. The van der Waals surface area contributed by atoms with Crippen molar-refractivity contribution in [3.63, 3.8) is 0 Å². The van der Waals surface area contributed by atoms with E-state index in [0.717, 1.165) is 5.56 Å². The average molecular weight is 320 g/mol. The number of hydrogen-bond donors (Lipinski definition) is 2. The van der Waals surface area contributed by atoms with Crippen LogP contribution >= 0.6 is 27.5 Å². The van der Waals surface area contributed by atoms with Gasteiger partial charge >= 0.3 is 0 Å². The van der Waals surface area contributed by atoms with E-state index in [1.807, 2.05) is 0 Å². The maximum Gasteiger partial charge on any atom is 0.174 e. The lowest BCUT2D eigenvalue weighted by molar-refractivity contribution is 0.526. The zero-order valence-electron chi connectivity index (χ0n) is 8.58. The minimum atomic E-state index is -0.439. The highest BCUT2D eigenvalue weighted by molar-refractivity contribution is 9.10. The lowest BCUT2D eigenvalue weighted by atomic mass is 10.0. The summed E-state index contributed by atoms with van der Waals surface area (Å²) >= 11 is 9.28. The summed E-state index contributed by atoms with van der Waals surface area (Å²) in [6.07, 6.45) is 1.51. The molecular formula is C11H9BrClFN2O. The number of nitrogens with one attached hydrogen (secondary N) is 1. The lowest BCUT2D eigenvalue weighted by Crippen LogP contribution is -2.29. The summed E-state index contributed by atoms with van der Waals surface area (Å²) in [7, 11) is 0. The van der Waals surface area contributed by atoms with Gasteiger partial charge < -0.3 is 4.42 Å². The molecule has 0 aliphatic heterocycles. The molecule has 1 atom stereocenters. The molecule has 0 aliphatic carbocycles. The molecule has 2 rings (SSSR count). The molecule has 0 aliphatic rings. The van der Waals surface area contributed by atoms with Gasteiger partial charge in [-0.15, -0.1) is 0 Å². The van der Waals surface area contributed by atoms with E-state index in [1.165, 1.54) is 24.5 Å². The van der Waals surface area contributed by atoms with Crippen LogP contribution in [-0.2, 0) is 0 Å². The monoisotopic (exact) mass is 318 g/mol. The summed E-state index contributed by atoms with van der Waals surface area (Å²) in [5, 5.41) is 0.433. The molecule has 1 heterocycles. The predicted octanol–water partition coefficient (Wildman–Crippen LogP) is 3.39. The fourth-order valence-electron chi connectivity index (χ4n) is 1.59. The van der Waals surface area contributed by atoms with E-state index >= 15 is 0 Å². The van der Waals surface area contributed by atoms with Gasteiger partial charge in [0.1, 0.15) is 5.82 Å². The predicted molar refractivity (Wildman–Crippen MR) is 67.0 cm³/mol. The smallest absolute Gasteiger partial charge is 0.174 e. The van der Waals surface area contributed by atoms with Crippen LogP contribution in [-0.4, -0.2) is 0 Å². The lowest BCUT2D eigenvalue weighted by Gasteiger charge is -2.16. The summed E-state index contributed by atoms with van der Waals surface area (Å²) in [6, 6.07) is 5.42. The van der Waals surface area contributed by atoms with Crippen LogP contribution in [0.4, 0.5) is 4.39 Å². The average Bonchev–Trinajstić information content (AvgIpc) is 2.71. The Morgan fingerprint density at radius 3 is 2.71 bits per heavy atom. The van der Waals surface area contributed by atoms with Gasteiger partial charge in [-0.1, -0.05) is 11.6 Å². The SMILES string of the molecule is NNC(c1cc(F)ccc1Cl)c1ccoc1Br. The Labute approximate surface area is 111 Å². The molecule has 0 fully saturated rings. The van der Waals surface area contributed by atoms with E-state index in [1.54, 1.807) is 6.07 Å². The Morgan fingerprint density at radius 2 is 2.12 bits per heavy atom. The van der Waals surface area contributed by atoms with E-state index in [2.05, 4.69) is 21.4 Å². The van der Waals surface area contributed by atoms with Crippen LogP contribution in [0.5, 0.6) is 0 Å². The van der Waals surface area contributed by atoms with Crippen molar-refractivity contribution in [1.29, 1.82) is 0 Å². The van der Waals surface area contributed by atoms with Gasteiger partial charge in [0.05, 0.1) is 12.3 Å². The van der Waals surface area contributed by atoms with Crippen molar-refractivity contribution in [2.45, 2.75) is 6.04 Å². The largest absolute Gasteiger partial charge is 0.457 e. The summed E-state index contributed by atoms with van der Waals surface area (Å²) in [4.78, 5) is 0. The first-order valence-corrected chi connectivity index (χ1v) is 5.94. The molecule has 17 heavy (non-hydrogen) atoms. The molecule has 2 aromatic rings. The number of nitrogens with two attached hydrogens (primary N) is 1. The van der Waals surface area contributed by atoms with Crippen molar-refractivity contribution >= 4 is 27.5 Å². The van der Waals surface area contributed by atoms with Crippen LogP contribution in [0.15, 0.2) is 39.6 Å². The highest BCUT2D eigenvalue weighted by Crippen LogP contribution is 2.32. The molecule has 0 spiro atoms. The number of benzene rings is 1. The first kappa shape index (κ1) is 12.6. The fraction of sp³-hybridized carbons (Fsp3) is 0.0909. The number of hydrazine groups is 1. The van der Waals surface area contributed by atoms with Crippen LogP contribution in [0.25, 0.3) is 0 Å². The van der Waals surface area contributed by atoms with E-state index < -0.39 is 6.04 Å². The Morgan fingerprint density at radius 1 is 1.35 bits per heavy atom. The molecule has 0 bridgehead atoms. The summed E-state index contributed by atoms with van der Waals surface area (Å²) in [5.41, 5.74) is 3.89. The molecule has 1 aromatic heterocycles. The second-order valence-electron chi connectivity index (χ2n) is 3.42. The second kappa shape index (κ2) is 5.18. The zero-order valence-corrected chi connectivity index (χ0v) is 10.9. The van der Waals surface area contributed by atoms with Crippen LogP contribution in [0.3, 0.4) is 0 Å². The molecule has 0 saturated carbocycles. The van der Waals surface area contributed by atoms with Crippen LogP contribution in [0, 0.1) is 5.82 Å². The van der Waals surface area contributed by atoms with Crippen LogP contribution in [0.1, 0.15) is 17.2 Å². The molecular weight excluding hydrogens is 310 g/mol. The normalized spacial score (nSPS) is 12.7. The summed E-state index contributed by atoms with van der Waals surface area (Å²) in [5.74, 6) is 5.12. The minimum absolute atomic E-state index is 0.371. The molecule has 90 valence electrons. The number of hydrogen-bond acceptors (Lipinski definition) is 3. The van der Waals surface area contributed by atoms with Crippen LogP contribution < -0.4 is 11.3 Å². The topological polar surface area (TPSA) is 51.2 Å². The zero-order chi connectivity index (χ0) is 12.4. The van der Waals surface area contributed by atoms with Gasteiger partial charge in [-0.25, -0.2) is 9.82 Å². The Balaban J connectivity index is 2.49. The van der Waals surface area contributed by atoms with Crippen LogP contribution in [0.2, 0.25) is 5.02 Å². The summed E-state index contributed by atoms with van der Waals surface area (Å²) in [6.45, 7) is 0. The molecule has 0 amide bonds. The fourth-order valence-corrected chi connectivity index (χ4v) is 2.29. The number of furan rings is 1. The molecule has 3 nitrogen and oxygen atoms in total. The molecule has 3 N–H and O–H groups in total. The van der Waals surface area contributed by atoms with Gasteiger partial charge in [-0.3, -0.25) is 5.84 Å². The Bertz CT molecular complexity index is 532. The van der Waals surface area contributed by atoms with Crippen molar-refractivity contribution in [2.75, 3.05) is 0 Å². The van der Waals surface area contributed by atoms with Crippen molar-refractivity contribution in [2.24, 2.45) is 5.84 Å². The quantitative estimate of drug-likeness (QED) is 0.673. The van der Waals surface area contributed by atoms with Gasteiger partial charge in [0.2, 0.25) is 0 Å². The maximum atomic E-state index is 13.2. The molecule has 0 saturated heterocycles. The third kappa shape index (κ3) is 2.52. The van der Waals surface area contributed by atoms with Gasteiger partial charge in [0.15, 0.2) is 4.67 Å². The van der Waals surface area contributed by atoms with Gasteiger partial charge in [0, 0.05) is 10.6 Å². The third-order valence-electron chi connectivity index (χ3n) is 2.39.